The van der Waals surface area contributed by atoms with E-state index >= 15 is 0 Å². The Kier molecular flexibility index (Phi) is 3.62. The number of aromatic nitrogens is 3. The lowest BCUT2D eigenvalue weighted by molar-refractivity contribution is 0.577. The zero-order valence-electron chi connectivity index (χ0n) is 10.9. The number of anilines is 1. The average molecular weight is 323 g/mol. The molecule has 110 valence electrons. The van der Waals surface area contributed by atoms with Gasteiger partial charge in [0.25, 0.3) is 10.0 Å². The van der Waals surface area contributed by atoms with Crippen LogP contribution in [-0.4, -0.2) is 29.3 Å². The molecule has 0 spiro atoms. The molecular formula is C12H13N5O2S2. The Hall–Kier alpha value is -1.97. The molecule has 0 aliphatic heterocycles. The maximum atomic E-state index is 12.4. The Bertz CT molecular complexity index is 854. The van der Waals surface area contributed by atoms with E-state index in [4.69, 9.17) is 5.73 Å². The summed E-state index contributed by atoms with van der Waals surface area (Å²) in [5.74, 6) is 0.00993. The lowest BCUT2D eigenvalue weighted by Gasteiger charge is -2.06. The van der Waals surface area contributed by atoms with Crippen LogP contribution in [0, 0.1) is 0 Å². The SMILES string of the molecule is Nc1nc2sccn2c1S(=O)(=O)NCCc1cccnc1. The van der Waals surface area contributed by atoms with Gasteiger partial charge in [0.05, 0.1) is 0 Å². The van der Waals surface area contributed by atoms with Gasteiger partial charge in [0.15, 0.2) is 15.8 Å². The highest BCUT2D eigenvalue weighted by atomic mass is 32.2. The van der Waals surface area contributed by atoms with Crippen LogP contribution in [0.25, 0.3) is 4.96 Å². The minimum atomic E-state index is -3.70. The highest BCUT2D eigenvalue weighted by molar-refractivity contribution is 7.89. The van der Waals surface area contributed by atoms with Crippen LogP contribution in [0.5, 0.6) is 0 Å². The summed E-state index contributed by atoms with van der Waals surface area (Å²) < 4.78 is 28.7. The summed E-state index contributed by atoms with van der Waals surface area (Å²) >= 11 is 1.33. The molecular weight excluding hydrogens is 310 g/mol. The number of nitrogens with one attached hydrogen (secondary N) is 1. The van der Waals surface area contributed by atoms with Gasteiger partial charge >= 0.3 is 0 Å². The van der Waals surface area contributed by atoms with Crippen molar-refractivity contribution < 1.29 is 8.42 Å². The molecule has 0 amide bonds. The van der Waals surface area contributed by atoms with Gasteiger partial charge in [-0.15, -0.1) is 11.3 Å². The molecule has 0 aromatic carbocycles. The Morgan fingerprint density at radius 1 is 1.43 bits per heavy atom. The molecule has 3 N–H and O–H groups in total. The van der Waals surface area contributed by atoms with Crippen LogP contribution in [0.4, 0.5) is 5.82 Å². The molecule has 0 radical (unpaired) electrons. The van der Waals surface area contributed by atoms with Crippen LogP contribution in [0.3, 0.4) is 0 Å². The van der Waals surface area contributed by atoms with E-state index in [9.17, 15) is 8.42 Å². The third-order valence-electron chi connectivity index (χ3n) is 2.93. The molecule has 3 rings (SSSR count). The summed E-state index contributed by atoms with van der Waals surface area (Å²) in [6, 6.07) is 3.71. The summed E-state index contributed by atoms with van der Waals surface area (Å²) in [6.45, 7) is 0.269. The largest absolute Gasteiger partial charge is 0.381 e. The maximum absolute atomic E-state index is 12.4. The van der Waals surface area contributed by atoms with Crippen molar-refractivity contribution in [1.29, 1.82) is 0 Å². The van der Waals surface area contributed by atoms with Gasteiger partial charge in [0, 0.05) is 30.5 Å². The average Bonchev–Trinajstić information content (AvgIpc) is 2.99. The number of pyridine rings is 1. The van der Waals surface area contributed by atoms with Crippen molar-refractivity contribution in [2.45, 2.75) is 11.4 Å². The molecule has 7 nitrogen and oxygen atoms in total. The van der Waals surface area contributed by atoms with Gasteiger partial charge in [-0.3, -0.25) is 9.38 Å². The zero-order valence-corrected chi connectivity index (χ0v) is 12.6. The molecule has 9 heteroatoms. The van der Waals surface area contributed by atoms with Gasteiger partial charge in [-0.25, -0.2) is 18.1 Å². The predicted molar refractivity (Wildman–Crippen MR) is 80.6 cm³/mol. The van der Waals surface area contributed by atoms with Gasteiger partial charge in [-0.1, -0.05) is 6.07 Å². The highest BCUT2D eigenvalue weighted by Gasteiger charge is 2.23. The molecule has 0 fully saturated rings. The molecule has 0 saturated heterocycles. The van der Waals surface area contributed by atoms with Gasteiger partial charge in [0.2, 0.25) is 0 Å². The fourth-order valence-corrected chi connectivity index (χ4v) is 4.01. The molecule has 0 aliphatic carbocycles. The molecule has 0 saturated carbocycles. The Balaban J connectivity index is 1.78. The summed E-state index contributed by atoms with van der Waals surface area (Å²) in [5, 5.41) is 1.75. The molecule has 3 heterocycles. The third-order valence-corrected chi connectivity index (χ3v) is 5.18. The lowest BCUT2D eigenvalue weighted by atomic mass is 10.2. The smallest absolute Gasteiger partial charge is 0.260 e. The summed E-state index contributed by atoms with van der Waals surface area (Å²) in [6.07, 6.45) is 5.57. The quantitative estimate of drug-likeness (QED) is 0.726. The molecule has 0 unspecified atom stereocenters. The number of hydrogen-bond donors (Lipinski definition) is 2. The molecule has 0 aliphatic rings. The minimum absolute atomic E-state index is 0.00932. The van der Waals surface area contributed by atoms with Gasteiger partial charge in [0.1, 0.15) is 0 Å². The highest BCUT2D eigenvalue weighted by Crippen LogP contribution is 2.22. The maximum Gasteiger partial charge on any atom is 0.260 e. The first-order valence-corrected chi connectivity index (χ1v) is 8.54. The van der Waals surface area contributed by atoms with Crippen LogP contribution in [0.15, 0.2) is 41.1 Å². The molecule has 0 atom stereocenters. The van der Waals surface area contributed by atoms with E-state index in [2.05, 4.69) is 14.7 Å². The van der Waals surface area contributed by atoms with Crippen LogP contribution < -0.4 is 10.5 Å². The summed E-state index contributed by atoms with van der Waals surface area (Å²) in [5.41, 5.74) is 6.67. The number of nitrogens with zero attached hydrogens (tertiary/aromatic N) is 3. The first kappa shape index (κ1) is 14.0. The van der Waals surface area contributed by atoms with Gasteiger partial charge in [-0.2, -0.15) is 0 Å². The molecule has 0 bridgehead atoms. The fourth-order valence-electron chi connectivity index (χ4n) is 1.99. The van der Waals surface area contributed by atoms with E-state index in [0.29, 0.717) is 11.4 Å². The number of hydrogen-bond acceptors (Lipinski definition) is 6. The number of nitrogens with two attached hydrogens (primary N) is 1. The standard InChI is InChI=1S/C12H13N5O2S2/c13-10-11(17-6-7-20-12(17)16-10)21(18,19)15-5-3-9-2-1-4-14-8-9/h1-2,4,6-8,15H,3,5,13H2. The van der Waals surface area contributed by atoms with Gasteiger partial charge < -0.3 is 5.73 Å². The molecule has 21 heavy (non-hydrogen) atoms. The van der Waals surface area contributed by atoms with Gasteiger partial charge in [-0.05, 0) is 18.1 Å². The summed E-state index contributed by atoms with van der Waals surface area (Å²) in [4.78, 5) is 8.58. The van der Waals surface area contributed by atoms with E-state index in [1.54, 1.807) is 24.0 Å². The number of thiazole rings is 1. The Labute approximate surface area is 125 Å². The molecule has 3 aromatic rings. The second kappa shape index (κ2) is 5.43. The van der Waals surface area contributed by atoms with Crippen molar-refractivity contribution in [3.05, 3.63) is 41.7 Å². The Morgan fingerprint density at radius 3 is 3.05 bits per heavy atom. The normalized spacial score (nSPS) is 12.0. The van der Waals surface area contributed by atoms with E-state index in [1.165, 1.54) is 15.7 Å². The third kappa shape index (κ3) is 2.75. The first-order valence-electron chi connectivity index (χ1n) is 6.17. The fraction of sp³-hybridized carbons (Fsp3) is 0.167. The zero-order chi connectivity index (χ0) is 14.9. The van der Waals surface area contributed by atoms with E-state index in [0.717, 1.165) is 5.56 Å². The number of fused-ring (bicyclic) bond motifs is 1. The predicted octanol–water partition coefficient (Wildman–Crippen LogP) is 0.894. The van der Waals surface area contributed by atoms with Crippen molar-refractivity contribution in [3.63, 3.8) is 0 Å². The van der Waals surface area contributed by atoms with Crippen LogP contribution >= 0.6 is 11.3 Å². The van der Waals surface area contributed by atoms with Crippen LogP contribution in [0.2, 0.25) is 0 Å². The van der Waals surface area contributed by atoms with E-state index < -0.39 is 10.0 Å². The second-order valence-electron chi connectivity index (χ2n) is 4.37. The van der Waals surface area contributed by atoms with Crippen LogP contribution in [-0.2, 0) is 16.4 Å². The van der Waals surface area contributed by atoms with Crippen molar-refractivity contribution in [2.24, 2.45) is 0 Å². The van der Waals surface area contributed by atoms with Crippen LogP contribution in [0.1, 0.15) is 5.56 Å². The number of rotatable bonds is 5. The number of nitrogen functional groups attached to an aromatic ring is 1. The van der Waals surface area contributed by atoms with E-state index in [-0.39, 0.29) is 17.4 Å². The lowest BCUT2D eigenvalue weighted by Crippen LogP contribution is -2.27. The monoisotopic (exact) mass is 323 g/mol. The topological polar surface area (TPSA) is 102 Å². The number of sulfonamides is 1. The second-order valence-corrected chi connectivity index (χ2v) is 6.92. The van der Waals surface area contributed by atoms with Crippen molar-refractivity contribution >= 4 is 32.1 Å². The minimum Gasteiger partial charge on any atom is -0.381 e. The van der Waals surface area contributed by atoms with Crippen molar-refractivity contribution in [2.75, 3.05) is 12.3 Å². The van der Waals surface area contributed by atoms with Crippen molar-refractivity contribution in [3.8, 4) is 0 Å². The number of imidazole rings is 1. The first-order chi connectivity index (χ1) is 10.1. The molecule has 3 aromatic heterocycles. The van der Waals surface area contributed by atoms with Crippen molar-refractivity contribution in [1.82, 2.24) is 19.1 Å². The van der Waals surface area contributed by atoms with E-state index in [1.807, 2.05) is 12.1 Å². The Morgan fingerprint density at radius 2 is 2.29 bits per heavy atom. The summed E-state index contributed by atoms with van der Waals surface area (Å²) in [7, 11) is -3.70.